The predicted octanol–water partition coefficient (Wildman–Crippen LogP) is 4.31. The number of halogens is 1. The Kier molecular flexibility index (Phi) is 3.47. The molecule has 0 fully saturated rings. The van der Waals surface area contributed by atoms with Gasteiger partial charge in [-0.3, -0.25) is 0 Å². The fraction of sp³-hybridized carbons (Fsp3) is 0.250. The third-order valence-corrected chi connectivity index (χ3v) is 3.88. The second-order valence-electron chi connectivity index (χ2n) is 4.77. The fourth-order valence-electron chi connectivity index (χ4n) is 2.29. The molecule has 0 amide bonds. The highest BCUT2D eigenvalue weighted by Crippen LogP contribution is 2.34. The van der Waals surface area contributed by atoms with E-state index in [0.717, 1.165) is 21.5 Å². The summed E-state index contributed by atoms with van der Waals surface area (Å²) in [5, 5.41) is 0. The lowest BCUT2D eigenvalue weighted by atomic mass is 10.0. The molecule has 2 nitrogen and oxygen atoms in total. The van der Waals surface area contributed by atoms with Crippen molar-refractivity contribution in [1.29, 1.82) is 0 Å². The van der Waals surface area contributed by atoms with Gasteiger partial charge in [0.25, 0.3) is 0 Å². The first-order valence-electron chi connectivity index (χ1n) is 6.35. The minimum atomic E-state index is 0.314. The van der Waals surface area contributed by atoms with Crippen LogP contribution >= 0.6 is 15.9 Å². The van der Waals surface area contributed by atoms with Crippen molar-refractivity contribution in [3.63, 3.8) is 0 Å². The molecular formula is C16H15BrO2. The Morgan fingerprint density at radius 3 is 3.00 bits per heavy atom. The van der Waals surface area contributed by atoms with Gasteiger partial charge >= 0.3 is 0 Å². The van der Waals surface area contributed by atoms with Crippen molar-refractivity contribution in [3.8, 4) is 11.5 Å². The van der Waals surface area contributed by atoms with E-state index >= 15 is 0 Å². The van der Waals surface area contributed by atoms with Crippen LogP contribution in [-0.2, 0) is 0 Å². The van der Waals surface area contributed by atoms with Gasteiger partial charge in [0.05, 0.1) is 19.1 Å². The fourth-order valence-corrected chi connectivity index (χ4v) is 2.63. The Labute approximate surface area is 121 Å². The maximum Gasteiger partial charge on any atom is 0.123 e. The average molecular weight is 319 g/mol. The van der Waals surface area contributed by atoms with E-state index in [9.17, 15) is 0 Å². The molecule has 0 saturated carbocycles. The molecule has 1 aliphatic rings. The molecule has 1 unspecified atom stereocenters. The number of para-hydroxylation sites is 1. The van der Waals surface area contributed by atoms with Gasteiger partial charge in [-0.25, -0.2) is 0 Å². The van der Waals surface area contributed by atoms with Gasteiger partial charge in [-0.1, -0.05) is 40.2 Å². The second-order valence-corrected chi connectivity index (χ2v) is 5.68. The average Bonchev–Trinajstić information content (AvgIpc) is 2.83. The summed E-state index contributed by atoms with van der Waals surface area (Å²) in [4.78, 5) is 0. The molecule has 1 aliphatic heterocycles. The van der Waals surface area contributed by atoms with Crippen LogP contribution in [0.4, 0.5) is 0 Å². The van der Waals surface area contributed by atoms with Crippen molar-refractivity contribution < 1.29 is 9.47 Å². The highest BCUT2D eigenvalue weighted by Gasteiger charge is 2.24. The van der Waals surface area contributed by atoms with Gasteiger partial charge in [0.2, 0.25) is 0 Å². The van der Waals surface area contributed by atoms with Crippen LogP contribution in [0.1, 0.15) is 17.0 Å². The summed E-state index contributed by atoms with van der Waals surface area (Å²) >= 11 is 3.47. The van der Waals surface area contributed by atoms with Crippen LogP contribution in [0.3, 0.4) is 0 Å². The van der Waals surface area contributed by atoms with Crippen molar-refractivity contribution in [2.24, 2.45) is 0 Å². The molecule has 0 bridgehead atoms. The van der Waals surface area contributed by atoms with Crippen molar-refractivity contribution in [1.82, 2.24) is 0 Å². The summed E-state index contributed by atoms with van der Waals surface area (Å²) in [6.45, 7) is 3.40. The SMILES string of the molecule is Cc1ccc(Br)cc1OCC1COc2ccccc21. The minimum Gasteiger partial charge on any atom is -0.493 e. The third-order valence-electron chi connectivity index (χ3n) is 3.39. The maximum absolute atomic E-state index is 5.95. The first-order valence-corrected chi connectivity index (χ1v) is 7.14. The Morgan fingerprint density at radius 1 is 1.26 bits per heavy atom. The van der Waals surface area contributed by atoms with Crippen molar-refractivity contribution in [2.45, 2.75) is 12.8 Å². The van der Waals surface area contributed by atoms with Gasteiger partial charge in [0.1, 0.15) is 11.5 Å². The monoisotopic (exact) mass is 318 g/mol. The third kappa shape index (κ3) is 2.61. The van der Waals surface area contributed by atoms with E-state index < -0.39 is 0 Å². The Morgan fingerprint density at radius 2 is 2.11 bits per heavy atom. The van der Waals surface area contributed by atoms with E-state index in [4.69, 9.17) is 9.47 Å². The number of benzene rings is 2. The van der Waals surface area contributed by atoms with E-state index in [1.807, 2.05) is 30.3 Å². The van der Waals surface area contributed by atoms with Gasteiger partial charge in [-0.15, -0.1) is 0 Å². The number of hydrogen-bond acceptors (Lipinski definition) is 2. The molecule has 3 heteroatoms. The number of hydrogen-bond donors (Lipinski definition) is 0. The van der Waals surface area contributed by atoms with E-state index in [2.05, 4.69) is 35.0 Å². The highest BCUT2D eigenvalue weighted by atomic mass is 79.9. The number of rotatable bonds is 3. The largest absolute Gasteiger partial charge is 0.493 e. The first kappa shape index (κ1) is 12.5. The van der Waals surface area contributed by atoms with Crippen LogP contribution in [0.15, 0.2) is 46.9 Å². The zero-order valence-electron chi connectivity index (χ0n) is 10.7. The van der Waals surface area contributed by atoms with E-state index in [0.29, 0.717) is 19.1 Å². The molecule has 0 saturated heterocycles. The van der Waals surface area contributed by atoms with Gasteiger partial charge in [0, 0.05) is 10.0 Å². The molecular weight excluding hydrogens is 304 g/mol. The van der Waals surface area contributed by atoms with Gasteiger partial charge in [-0.05, 0) is 30.7 Å². The van der Waals surface area contributed by atoms with E-state index in [1.165, 1.54) is 5.56 Å². The molecule has 1 atom stereocenters. The van der Waals surface area contributed by atoms with Crippen LogP contribution in [-0.4, -0.2) is 13.2 Å². The summed E-state index contributed by atoms with van der Waals surface area (Å²) in [6, 6.07) is 14.3. The normalized spacial score (nSPS) is 16.8. The van der Waals surface area contributed by atoms with Gasteiger partial charge in [-0.2, -0.15) is 0 Å². The van der Waals surface area contributed by atoms with Gasteiger partial charge < -0.3 is 9.47 Å². The van der Waals surface area contributed by atoms with Crippen LogP contribution < -0.4 is 9.47 Å². The molecule has 2 aromatic carbocycles. The first-order chi connectivity index (χ1) is 9.24. The lowest BCUT2D eigenvalue weighted by Crippen LogP contribution is -2.12. The molecule has 0 aliphatic carbocycles. The van der Waals surface area contributed by atoms with Crippen LogP contribution in [0, 0.1) is 6.92 Å². The zero-order chi connectivity index (χ0) is 13.2. The lowest BCUT2D eigenvalue weighted by Gasteiger charge is -2.13. The van der Waals surface area contributed by atoms with E-state index in [-0.39, 0.29) is 0 Å². The topological polar surface area (TPSA) is 18.5 Å². The summed E-state index contributed by atoms with van der Waals surface area (Å²) in [7, 11) is 0. The summed E-state index contributed by atoms with van der Waals surface area (Å²) in [6.07, 6.45) is 0. The zero-order valence-corrected chi connectivity index (χ0v) is 12.3. The van der Waals surface area contributed by atoms with Crippen molar-refractivity contribution in [2.75, 3.05) is 13.2 Å². The molecule has 3 rings (SSSR count). The molecule has 1 heterocycles. The highest BCUT2D eigenvalue weighted by molar-refractivity contribution is 9.10. The molecule has 0 radical (unpaired) electrons. The van der Waals surface area contributed by atoms with Gasteiger partial charge in [0.15, 0.2) is 0 Å². The van der Waals surface area contributed by atoms with Crippen molar-refractivity contribution >= 4 is 15.9 Å². The number of aryl methyl sites for hydroxylation is 1. The summed E-state index contributed by atoms with van der Waals surface area (Å²) in [5.74, 6) is 2.23. The smallest absolute Gasteiger partial charge is 0.123 e. The minimum absolute atomic E-state index is 0.314. The second kappa shape index (κ2) is 5.25. The molecule has 0 spiro atoms. The Bertz CT molecular complexity index is 595. The quantitative estimate of drug-likeness (QED) is 0.839. The number of ether oxygens (including phenoxy) is 2. The maximum atomic E-state index is 5.95. The summed E-state index contributed by atoms with van der Waals surface area (Å²) < 4.78 is 12.7. The predicted molar refractivity (Wildman–Crippen MR) is 79.1 cm³/mol. The van der Waals surface area contributed by atoms with Crippen LogP contribution in [0.2, 0.25) is 0 Å². The molecule has 19 heavy (non-hydrogen) atoms. The number of fused-ring (bicyclic) bond motifs is 1. The van der Waals surface area contributed by atoms with E-state index in [1.54, 1.807) is 0 Å². The Balaban J connectivity index is 1.72. The van der Waals surface area contributed by atoms with Crippen molar-refractivity contribution in [3.05, 3.63) is 58.1 Å². The summed E-state index contributed by atoms with van der Waals surface area (Å²) in [5.41, 5.74) is 2.39. The lowest BCUT2D eigenvalue weighted by molar-refractivity contribution is 0.247. The molecule has 0 N–H and O–H groups in total. The van der Waals surface area contributed by atoms with Crippen LogP contribution in [0.25, 0.3) is 0 Å². The standard InChI is InChI=1S/C16H15BrO2/c1-11-6-7-13(17)8-16(11)19-10-12-9-18-15-5-3-2-4-14(12)15/h2-8,12H,9-10H2,1H3. The Hall–Kier alpha value is -1.48. The molecule has 98 valence electrons. The van der Waals surface area contributed by atoms with Crippen LogP contribution in [0.5, 0.6) is 11.5 Å². The molecule has 2 aromatic rings. The molecule has 0 aromatic heterocycles.